The molecule has 0 bridgehead atoms. The van der Waals surface area contributed by atoms with Gasteiger partial charge in [0, 0.05) is 17.7 Å². The second-order valence-electron chi connectivity index (χ2n) is 6.46. The molecule has 1 fully saturated rings. The minimum atomic E-state index is -1.22. The molecule has 1 aliphatic heterocycles. The monoisotopic (exact) mass is 384 g/mol. The molecule has 2 aromatic rings. The van der Waals surface area contributed by atoms with Crippen molar-refractivity contribution in [3.8, 4) is 11.5 Å². The summed E-state index contributed by atoms with van der Waals surface area (Å²) >= 11 is 0. The highest BCUT2D eigenvalue weighted by molar-refractivity contribution is 5.97. The van der Waals surface area contributed by atoms with E-state index in [2.05, 4.69) is 5.32 Å². The van der Waals surface area contributed by atoms with Gasteiger partial charge < -0.3 is 19.5 Å². The van der Waals surface area contributed by atoms with Crippen LogP contribution in [-0.4, -0.2) is 29.6 Å². The molecule has 0 spiro atoms. The van der Waals surface area contributed by atoms with E-state index < -0.39 is 28.6 Å². The number of hydrogen-bond donors (Lipinski definition) is 1. The maximum atomic E-state index is 12.8. The molecular formula is C19H16N2O7. The Kier molecular flexibility index (Phi) is 4.56. The van der Waals surface area contributed by atoms with Gasteiger partial charge in [0.2, 0.25) is 12.9 Å². The second-order valence-corrected chi connectivity index (χ2v) is 6.46. The lowest BCUT2D eigenvalue weighted by Gasteiger charge is -2.18. The fraction of sp³-hybridized carbons (Fsp3) is 0.263. The topological polar surface area (TPSA) is 117 Å². The maximum absolute atomic E-state index is 12.8. The molecule has 28 heavy (non-hydrogen) atoms. The summed E-state index contributed by atoms with van der Waals surface area (Å²) in [6.07, 6.45) is 0.517. The van der Waals surface area contributed by atoms with E-state index in [4.69, 9.17) is 14.2 Å². The standard InChI is InChI=1S/C19H16N2O7/c22-18(20-12-6-7-12)17(11-4-2-1-3-5-11)28-19(23)13-8-15-16(27-10-26-15)9-14(13)21(24)25/h1-5,8-9,12,17H,6-7,10H2,(H,20,22). The molecule has 9 nitrogen and oxygen atoms in total. The van der Waals surface area contributed by atoms with Crippen LogP contribution in [0.2, 0.25) is 0 Å². The Morgan fingerprint density at radius 2 is 1.82 bits per heavy atom. The Hall–Kier alpha value is -3.62. The van der Waals surface area contributed by atoms with E-state index in [9.17, 15) is 19.7 Å². The second kappa shape index (κ2) is 7.18. The Bertz CT molecular complexity index is 941. The molecule has 2 aromatic carbocycles. The number of nitrogens with one attached hydrogen (secondary N) is 1. The van der Waals surface area contributed by atoms with Gasteiger partial charge in [-0.2, -0.15) is 0 Å². The van der Waals surface area contributed by atoms with Crippen LogP contribution in [0.1, 0.15) is 34.9 Å². The highest BCUT2D eigenvalue weighted by Gasteiger charge is 2.34. The van der Waals surface area contributed by atoms with Crippen LogP contribution in [0.3, 0.4) is 0 Å². The van der Waals surface area contributed by atoms with E-state index in [1.54, 1.807) is 30.3 Å². The predicted molar refractivity (Wildman–Crippen MR) is 95.0 cm³/mol. The van der Waals surface area contributed by atoms with Crippen LogP contribution in [0, 0.1) is 10.1 Å². The molecule has 0 radical (unpaired) electrons. The van der Waals surface area contributed by atoms with Crippen molar-refractivity contribution in [2.75, 3.05) is 6.79 Å². The molecular weight excluding hydrogens is 368 g/mol. The largest absolute Gasteiger partial charge is 0.454 e. The maximum Gasteiger partial charge on any atom is 0.346 e. The zero-order valence-electron chi connectivity index (χ0n) is 14.6. The molecule has 144 valence electrons. The summed E-state index contributed by atoms with van der Waals surface area (Å²) in [5.41, 5.74) is -0.324. The van der Waals surface area contributed by atoms with E-state index in [-0.39, 0.29) is 29.9 Å². The first-order chi connectivity index (χ1) is 13.5. The van der Waals surface area contributed by atoms with Gasteiger partial charge in [0.1, 0.15) is 5.56 Å². The average Bonchev–Trinajstić information content (AvgIpc) is 3.38. The molecule has 1 saturated carbocycles. The molecule has 1 N–H and O–H groups in total. The molecule has 1 heterocycles. The molecule has 1 unspecified atom stereocenters. The molecule has 1 aliphatic carbocycles. The van der Waals surface area contributed by atoms with Crippen LogP contribution in [0.25, 0.3) is 0 Å². The van der Waals surface area contributed by atoms with E-state index in [1.807, 2.05) is 0 Å². The number of rotatable bonds is 6. The van der Waals surface area contributed by atoms with Gasteiger partial charge >= 0.3 is 5.97 Å². The molecule has 1 amide bonds. The number of benzene rings is 2. The van der Waals surface area contributed by atoms with E-state index in [0.717, 1.165) is 18.9 Å². The molecule has 0 aromatic heterocycles. The lowest BCUT2D eigenvalue weighted by Crippen LogP contribution is -2.33. The first kappa shape index (κ1) is 17.8. The molecule has 2 aliphatic rings. The highest BCUT2D eigenvalue weighted by atomic mass is 16.7. The summed E-state index contributed by atoms with van der Waals surface area (Å²) in [4.78, 5) is 36.0. The van der Waals surface area contributed by atoms with Crippen molar-refractivity contribution in [3.63, 3.8) is 0 Å². The predicted octanol–water partition coefficient (Wildman–Crippen LogP) is 2.50. The summed E-state index contributed by atoms with van der Waals surface area (Å²) in [7, 11) is 0. The van der Waals surface area contributed by atoms with Gasteiger partial charge in [-0.05, 0) is 12.8 Å². The summed E-state index contributed by atoms with van der Waals surface area (Å²) in [6, 6.07) is 10.9. The van der Waals surface area contributed by atoms with Crippen molar-refractivity contribution in [3.05, 3.63) is 63.7 Å². The number of carbonyl (C=O) groups excluding carboxylic acids is 2. The third-order valence-corrected chi connectivity index (χ3v) is 4.40. The lowest BCUT2D eigenvalue weighted by atomic mass is 10.1. The normalized spacial score (nSPS) is 15.6. The van der Waals surface area contributed by atoms with Crippen molar-refractivity contribution in [1.29, 1.82) is 0 Å². The Morgan fingerprint density at radius 3 is 2.46 bits per heavy atom. The van der Waals surface area contributed by atoms with Crippen LogP contribution < -0.4 is 14.8 Å². The molecule has 1 atom stereocenters. The van der Waals surface area contributed by atoms with Crippen molar-refractivity contribution >= 4 is 17.6 Å². The van der Waals surface area contributed by atoms with E-state index in [1.165, 1.54) is 6.07 Å². The molecule has 4 rings (SSSR count). The number of nitro groups is 1. The Labute approximate surface area is 159 Å². The van der Waals surface area contributed by atoms with Crippen LogP contribution in [-0.2, 0) is 9.53 Å². The quantitative estimate of drug-likeness (QED) is 0.462. The zero-order valence-corrected chi connectivity index (χ0v) is 14.6. The molecule has 0 saturated heterocycles. The fourth-order valence-electron chi connectivity index (χ4n) is 2.82. The Balaban J connectivity index is 1.64. The number of nitrogens with zero attached hydrogens (tertiary/aromatic N) is 1. The van der Waals surface area contributed by atoms with Crippen LogP contribution in [0.15, 0.2) is 42.5 Å². The van der Waals surface area contributed by atoms with Crippen LogP contribution in [0.5, 0.6) is 11.5 Å². The summed E-state index contributed by atoms with van der Waals surface area (Å²) in [5.74, 6) is -1.08. The number of fused-ring (bicyclic) bond motifs is 1. The highest BCUT2D eigenvalue weighted by Crippen LogP contribution is 2.38. The minimum absolute atomic E-state index is 0.0669. The average molecular weight is 384 g/mol. The van der Waals surface area contributed by atoms with Crippen molar-refractivity contribution < 1.29 is 28.7 Å². The van der Waals surface area contributed by atoms with Gasteiger partial charge in [-0.25, -0.2) is 4.79 Å². The summed E-state index contributed by atoms with van der Waals surface area (Å²) < 4.78 is 15.7. The first-order valence-electron chi connectivity index (χ1n) is 8.67. The fourth-order valence-corrected chi connectivity index (χ4v) is 2.82. The molecule has 9 heteroatoms. The van der Waals surface area contributed by atoms with Gasteiger partial charge in [-0.1, -0.05) is 30.3 Å². The number of amides is 1. The number of hydrogen-bond acceptors (Lipinski definition) is 7. The van der Waals surface area contributed by atoms with Gasteiger partial charge in [-0.15, -0.1) is 0 Å². The van der Waals surface area contributed by atoms with Gasteiger partial charge in [0.05, 0.1) is 11.0 Å². The SMILES string of the molecule is O=C(OC(C(=O)NC1CC1)c1ccccc1)c1cc2c(cc1[N+](=O)[O-])OCO2. The minimum Gasteiger partial charge on any atom is -0.454 e. The number of nitro benzene ring substituents is 1. The summed E-state index contributed by atoms with van der Waals surface area (Å²) in [6.45, 7) is -0.0958. The third-order valence-electron chi connectivity index (χ3n) is 4.40. The first-order valence-corrected chi connectivity index (χ1v) is 8.67. The van der Waals surface area contributed by atoms with Crippen LogP contribution in [0.4, 0.5) is 5.69 Å². The van der Waals surface area contributed by atoms with Gasteiger partial charge in [-0.3, -0.25) is 14.9 Å². The zero-order chi connectivity index (χ0) is 19.7. The third kappa shape index (κ3) is 3.59. The number of esters is 1. The van der Waals surface area contributed by atoms with Crippen molar-refractivity contribution in [2.45, 2.75) is 25.0 Å². The van der Waals surface area contributed by atoms with Crippen molar-refractivity contribution in [1.82, 2.24) is 5.32 Å². The number of ether oxygens (including phenoxy) is 3. The van der Waals surface area contributed by atoms with E-state index in [0.29, 0.717) is 5.56 Å². The van der Waals surface area contributed by atoms with Gasteiger partial charge in [0.15, 0.2) is 11.5 Å². The van der Waals surface area contributed by atoms with E-state index >= 15 is 0 Å². The smallest absolute Gasteiger partial charge is 0.346 e. The Morgan fingerprint density at radius 1 is 1.14 bits per heavy atom. The van der Waals surface area contributed by atoms with Crippen LogP contribution >= 0.6 is 0 Å². The summed E-state index contributed by atoms with van der Waals surface area (Å²) in [5, 5.41) is 14.2. The van der Waals surface area contributed by atoms with Crippen molar-refractivity contribution in [2.24, 2.45) is 0 Å². The van der Waals surface area contributed by atoms with Gasteiger partial charge in [0.25, 0.3) is 11.6 Å². The lowest BCUT2D eigenvalue weighted by molar-refractivity contribution is -0.385. The number of carbonyl (C=O) groups is 2.